The van der Waals surface area contributed by atoms with Gasteiger partial charge in [-0.15, -0.1) is 0 Å². The highest BCUT2D eigenvalue weighted by Crippen LogP contribution is 2.26. The number of imidazole rings is 1. The quantitative estimate of drug-likeness (QED) is 0.388. The third-order valence-electron chi connectivity index (χ3n) is 6.07. The fourth-order valence-electron chi connectivity index (χ4n) is 4.24. The summed E-state index contributed by atoms with van der Waals surface area (Å²) in [4.78, 5) is 37.0. The molecule has 0 spiro atoms. The van der Waals surface area contributed by atoms with Crippen LogP contribution in [-0.4, -0.2) is 26.8 Å². The molecule has 0 saturated heterocycles. The van der Waals surface area contributed by atoms with Crippen molar-refractivity contribution in [3.05, 3.63) is 72.6 Å². The van der Waals surface area contributed by atoms with Crippen LogP contribution in [0.3, 0.4) is 0 Å². The number of benzene rings is 2. The summed E-state index contributed by atoms with van der Waals surface area (Å²) >= 11 is 0. The first-order valence-electron chi connectivity index (χ1n) is 11.3. The van der Waals surface area contributed by atoms with Crippen LogP contribution in [0, 0.1) is 5.92 Å². The predicted molar refractivity (Wildman–Crippen MR) is 129 cm³/mol. The molecule has 2 amide bonds. The molecule has 7 heteroatoms. The molecule has 0 atom stereocenters. The predicted octanol–water partition coefficient (Wildman–Crippen LogP) is 5.40. The lowest BCUT2D eigenvalue weighted by Gasteiger charge is -2.20. The third kappa shape index (κ3) is 4.77. The van der Waals surface area contributed by atoms with Crippen LogP contribution in [0.15, 0.2) is 67.0 Å². The lowest BCUT2D eigenvalue weighted by atomic mass is 9.88. The largest absolute Gasteiger partial charge is 0.338 e. The Balaban J connectivity index is 1.29. The Labute approximate surface area is 191 Å². The summed E-state index contributed by atoms with van der Waals surface area (Å²) in [6.45, 7) is 0. The van der Waals surface area contributed by atoms with Gasteiger partial charge in [0.2, 0.25) is 5.91 Å². The van der Waals surface area contributed by atoms with Crippen LogP contribution in [0.5, 0.6) is 0 Å². The minimum Gasteiger partial charge on any atom is -0.338 e. The summed E-state index contributed by atoms with van der Waals surface area (Å²) in [5, 5.41) is 5.87. The zero-order chi connectivity index (χ0) is 22.6. The molecule has 1 aliphatic carbocycles. The Bertz CT molecular complexity index is 1280. The maximum Gasteiger partial charge on any atom is 0.255 e. The topological polar surface area (TPSA) is 99.8 Å². The number of rotatable bonds is 5. The van der Waals surface area contributed by atoms with E-state index < -0.39 is 0 Å². The molecule has 5 rings (SSSR count). The van der Waals surface area contributed by atoms with Gasteiger partial charge in [-0.1, -0.05) is 19.3 Å². The van der Waals surface area contributed by atoms with Crippen LogP contribution in [0.1, 0.15) is 42.5 Å². The molecular formula is C26H25N5O2. The number of pyridine rings is 1. The molecule has 2 heterocycles. The molecule has 4 aromatic rings. The molecule has 1 aliphatic rings. The van der Waals surface area contributed by atoms with Gasteiger partial charge >= 0.3 is 0 Å². The van der Waals surface area contributed by atoms with Crippen molar-refractivity contribution in [2.45, 2.75) is 32.1 Å². The van der Waals surface area contributed by atoms with Gasteiger partial charge in [0, 0.05) is 28.9 Å². The van der Waals surface area contributed by atoms with Crippen LogP contribution in [-0.2, 0) is 4.79 Å². The van der Waals surface area contributed by atoms with Gasteiger partial charge in [0.1, 0.15) is 5.82 Å². The highest BCUT2D eigenvalue weighted by Gasteiger charge is 2.21. The van der Waals surface area contributed by atoms with Gasteiger partial charge in [-0.25, -0.2) is 4.98 Å². The average molecular weight is 440 g/mol. The monoisotopic (exact) mass is 439 g/mol. The first-order valence-corrected chi connectivity index (χ1v) is 11.3. The molecule has 1 saturated carbocycles. The molecule has 0 radical (unpaired) electrons. The molecule has 0 bridgehead atoms. The van der Waals surface area contributed by atoms with Crippen molar-refractivity contribution in [3.63, 3.8) is 0 Å². The number of hydrogen-bond donors (Lipinski definition) is 3. The fraction of sp³-hybridized carbons (Fsp3) is 0.231. The molecule has 7 nitrogen and oxygen atoms in total. The Morgan fingerprint density at radius 2 is 1.73 bits per heavy atom. The first kappa shape index (κ1) is 20.9. The van der Waals surface area contributed by atoms with Gasteiger partial charge in [-0.05, 0) is 67.4 Å². The number of aromatic nitrogens is 3. The van der Waals surface area contributed by atoms with Crippen LogP contribution in [0.4, 0.5) is 11.4 Å². The molecule has 0 unspecified atom stereocenters. The van der Waals surface area contributed by atoms with E-state index in [4.69, 9.17) is 0 Å². The van der Waals surface area contributed by atoms with Crippen LogP contribution in [0.2, 0.25) is 0 Å². The number of H-pyrrole nitrogens is 1. The van der Waals surface area contributed by atoms with Crippen molar-refractivity contribution in [3.8, 4) is 11.4 Å². The number of nitrogens with one attached hydrogen (secondary N) is 3. The second-order valence-corrected chi connectivity index (χ2v) is 8.41. The minimum atomic E-state index is -0.215. The van der Waals surface area contributed by atoms with Crippen molar-refractivity contribution < 1.29 is 9.59 Å². The van der Waals surface area contributed by atoms with Gasteiger partial charge in [0.25, 0.3) is 5.91 Å². The number of nitrogens with zero attached hydrogens (tertiary/aromatic N) is 2. The number of aromatic amines is 1. The summed E-state index contributed by atoms with van der Waals surface area (Å²) in [5.41, 5.74) is 4.41. The van der Waals surface area contributed by atoms with E-state index in [0.29, 0.717) is 22.6 Å². The Morgan fingerprint density at radius 3 is 2.48 bits per heavy atom. The van der Waals surface area contributed by atoms with Crippen molar-refractivity contribution in [1.29, 1.82) is 0 Å². The average Bonchev–Trinajstić information content (AvgIpc) is 3.29. The Morgan fingerprint density at radius 1 is 0.909 bits per heavy atom. The van der Waals surface area contributed by atoms with E-state index in [-0.39, 0.29) is 17.7 Å². The number of amides is 2. The number of fused-ring (bicyclic) bond motifs is 1. The van der Waals surface area contributed by atoms with Crippen molar-refractivity contribution >= 4 is 34.2 Å². The standard InChI is InChI=1S/C26H25N5O2/c32-25(18-5-2-1-3-6-18)28-20-11-8-17(9-12-20)24-30-22-13-10-19(15-23(22)31-24)26(33)29-21-7-4-14-27-16-21/h4,7-16,18H,1-3,5-6H2,(H,28,32)(H,29,33)(H,30,31). The summed E-state index contributed by atoms with van der Waals surface area (Å²) in [5.74, 6) is 0.731. The molecule has 2 aromatic carbocycles. The van der Waals surface area contributed by atoms with Gasteiger partial charge in [-0.3, -0.25) is 14.6 Å². The van der Waals surface area contributed by atoms with Crippen LogP contribution >= 0.6 is 0 Å². The molecular weight excluding hydrogens is 414 g/mol. The zero-order valence-electron chi connectivity index (χ0n) is 18.2. The normalized spacial score (nSPS) is 14.2. The smallest absolute Gasteiger partial charge is 0.255 e. The molecule has 166 valence electrons. The molecule has 1 fully saturated rings. The van der Waals surface area contributed by atoms with Gasteiger partial charge < -0.3 is 15.6 Å². The highest BCUT2D eigenvalue weighted by molar-refractivity contribution is 6.06. The molecule has 0 aliphatic heterocycles. The van der Waals surface area contributed by atoms with Crippen molar-refractivity contribution in [2.24, 2.45) is 5.92 Å². The second kappa shape index (κ2) is 9.24. The lowest BCUT2D eigenvalue weighted by molar-refractivity contribution is -0.120. The van der Waals surface area contributed by atoms with E-state index in [2.05, 4.69) is 25.6 Å². The summed E-state index contributed by atoms with van der Waals surface area (Å²) in [6.07, 6.45) is 8.71. The SMILES string of the molecule is O=C(Nc1cccnc1)c1ccc2[nH]c(-c3ccc(NC(=O)C4CCCCC4)cc3)nc2c1. The van der Waals surface area contributed by atoms with Gasteiger partial charge in [-0.2, -0.15) is 0 Å². The van der Waals surface area contributed by atoms with Crippen molar-refractivity contribution in [1.82, 2.24) is 15.0 Å². The van der Waals surface area contributed by atoms with Gasteiger partial charge in [0.15, 0.2) is 0 Å². The minimum absolute atomic E-state index is 0.114. The maximum absolute atomic E-state index is 12.6. The van der Waals surface area contributed by atoms with Crippen molar-refractivity contribution in [2.75, 3.05) is 10.6 Å². The number of anilines is 2. The van der Waals surface area contributed by atoms with Crippen LogP contribution < -0.4 is 10.6 Å². The highest BCUT2D eigenvalue weighted by atomic mass is 16.2. The number of carbonyl (C=O) groups is 2. The molecule has 2 aromatic heterocycles. The van der Waals surface area contributed by atoms with Crippen LogP contribution in [0.25, 0.3) is 22.4 Å². The zero-order valence-corrected chi connectivity index (χ0v) is 18.2. The number of carbonyl (C=O) groups excluding carboxylic acids is 2. The fourth-order valence-corrected chi connectivity index (χ4v) is 4.24. The van der Waals surface area contributed by atoms with E-state index in [1.807, 2.05) is 30.3 Å². The Kier molecular flexibility index (Phi) is 5.85. The lowest BCUT2D eigenvalue weighted by Crippen LogP contribution is -2.24. The summed E-state index contributed by atoms with van der Waals surface area (Å²) < 4.78 is 0. The molecule has 33 heavy (non-hydrogen) atoms. The second-order valence-electron chi connectivity index (χ2n) is 8.41. The van der Waals surface area contributed by atoms with E-state index in [1.165, 1.54) is 6.42 Å². The molecule has 3 N–H and O–H groups in total. The number of hydrogen-bond acceptors (Lipinski definition) is 4. The van der Waals surface area contributed by atoms with E-state index in [0.717, 1.165) is 42.5 Å². The summed E-state index contributed by atoms with van der Waals surface area (Å²) in [7, 11) is 0. The van der Waals surface area contributed by atoms with E-state index >= 15 is 0 Å². The van der Waals surface area contributed by atoms with E-state index in [9.17, 15) is 9.59 Å². The summed E-state index contributed by atoms with van der Waals surface area (Å²) in [6, 6.07) is 16.6. The first-order chi connectivity index (χ1) is 16.2. The third-order valence-corrected chi connectivity index (χ3v) is 6.07. The Hall–Kier alpha value is -4.00. The maximum atomic E-state index is 12.6. The van der Waals surface area contributed by atoms with E-state index in [1.54, 1.807) is 36.7 Å². The van der Waals surface area contributed by atoms with Gasteiger partial charge in [0.05, 0.1) is 22.9 Å².